The van der Waals surface area contributed by atoms with Gasteiger partial charge in [-0.1, -0.05) is 49.5 Å². The molecule has 3 saturated heterocycles. The van der Waals surface area contributed by atoms with Crippen LogP contribution in [-0.2, 0) is 38.0 Å². The van der Waals surface area contributed by atoms with Crippen LogP contribution in [0.2, 0.25) is 0 Å². The second-order valence-electron chi connectivity index (χ2n) is 13.7. The molecular formula is C35H48ClNO10. The minimum Gasteiger partial charge on any atom is -0.458 e. The lowest BCUT2D eigenvalue weighted by Gasteiger charge is -2.51. The van der Waals surface area contributed by atoms with Crippen molar-refractivity contribution in [2.75, 3.05) is 14.2 Å². The highest BCUT2D eigenvalue weighted by Gasteiger charge is 2.61. The fourth-order valence-corrected chi connectivity index (χ4v) is 7.51. The highest BCUT2D eigenvalue weighted by Crippen LogP contribution is 2.44. The summed E-state index contributed by atoms with van der Waals surface area (Å²) < 4.78 is 42.5. The van der Waals surface area contributed by atoms with Crippen molar-refractivity contribution in [2.45, 2.75) is 126 Å². The van der Waals surface area contributed by atoms with Crippen LogP contribution in [0.5, 0.6) is 0 Å². The van der Waals surface area contributed by atoms with Gasteiger partial charge in [0.15, 0.2) is 17.7 Å². The number of alkyl halides is 1. The number of nitrogens with one attached hydrogen (secondary N) is 1. The molecule has 11 nitrogen and oxygen atoms in total. The molecule has 0 aromatic heterocycles. The Hall–Kier alpha value is -2.43. The molecule has 0 aromatic rings. The van der Waals surface area contributed by atoms with E-state index >= 15 is 0 Å². The standard InChI is InChI=1S/C35H48ClNO10/c1-19-14-24(13-11-9-8-10-12-23-16-25(23)36)44-28(38)18-35(40)17-27(21(3)29(46-35)20(2)26(15-19)41-6)45-32-31(42-7)34(5)30(22(4)43-32)37-33(39)47-34/h8-9,11,13,15,20-27,29-32,40H,14,16-18H2,1-7H3,(H,37,39)/b9-8+,13-11+,19-15+/t20-,21?,22?,23?,24+,25?,26-,27+,29?,30?,31?,32+,34-,35?/m1/s1. The first-order valence-corrected chi connectivity index (χ1v) is 16.8. The second-order valence-corrected chi connectivity index (χ2v) is 14.3. The van der Waals surface area contributed by atoms with E-state index in [9.17, 15) is 14.7 Å². The lowest BCUT2D eigenvalue weighted by Crippen LogP contribution is -2.67. The van der Waals surface area contributed by atoms with Crippen molar-refractivity contribution in [2.24, 2.45) is 17.8 Å². The number of carbonyl (C=O) groups excluding carboxylic acids is 2. The number of halogens is 1. The molecule has 0 spiro atoms. The van der Waals surface area contributed by atoms with Gasteiger partial charge >= 0.3 is 12.1 Å². The first-order valence-electron chi connectivity index (χ1n) is 16.4. The summed E-state index contributed by atoms with van der Waals surface area (Å²) in [7, 11) is 3.14. The van der Waals surface area contributed by atoms with Gasteiger partial charge in [-0.15, -0.1) is 11.6 Å². The van der Waals surface area contributed by atoms with E-state index < -0.39 is 72.7 Å². The number of amides is 1. The van der Waals surface area contributed by atoms with Gasteiger partial charge < -0.3 is 43.6 Å². The molecule has 0 radical (unpaired) electrons. The molecular weight excluding hydrogens is 630 g/mol. The molecule has 2 N–H and O–H groups in total. The third kappa shape index (κ3) is 8.07. The van der Waals surface area contributed by atoms with Gasteiger partial charge in [0.25, 0.3) is 0 Å². The Balaban J connectivity index is 1.37. The number of alkyl carbamates (subject to hydrolysis) is 1. The normalized spacial score (nSPS) is 46.5. The number of rotatable bonds is 6. The number of allylic oxidation sites excluding steroid dienone is 3. The van der Waals surface area contributed by atoms with Crippen LogP contribution in [0.25, 0.3) is 0 Å². The molecule has 8 unspecified atom stereocenters. The van der Waals surface area contributed by atoms with Gasteiger partial charge in [-0.2, -0.15) is 0 Å². The van der Waals surface area contributed by atoms with Crippen molar-refractivity contribution in [3.8, 4) is 11.8 Å². The van der Waals surface area contributed by atoms with E-state index in [1.165, 1.54) is 7.11 Å². The first kappa shape index (κ1) is 35.9. The summed E-state index contributed by atoms with van der Waals surface area (Å²) in [5.74, 6) is 3.34. The Bertz CT molecular complexity index is 1320. The second kappa shape index (κ2) is 14.6. The molecule has 260 valence electrons. The molecule has 14 atom stereocenters. The van der Waals surface area contributed by atoms with Crippen LogP contribution in [0, 0.1) is 29.6 Å². The highest BCUT2D eigenvalue weighted by molar-refractivity contribution is 6.22. The average Bonchev–Trinajstić information content (AvgIpc) is 3.60. The SMILES string of the molecule is COC1[C@H](O[C@H]2CC3(O)CC(=O)O[C@@H](/C=C/C=C/C#CC4CC4Cl)C/C(C)=C/[C@@H](OC)[C@@H](C)C(O3)C2C)OC(C)C2NC(=O)O[C@]21C. The molecule has 1 aliphatic carbocycles. The fourth-order valence-electron chi connectivity index (χ4n) is 7.26. The molecule has 4 heterocycles. The van der Waals surface area contributed by atoms with Crippen LogP contribution < -0.4 is 5.32 Å². The van der Waals surface area contributed by atoms with E-state index in [0.29, 0.717) is 6.42 Å². The maximum Gasteiger partial charge on any atom is 0.408 e. The van der Waals surface area contributed by atoms with Crippen molar-refractivity contribution in [3.63, 3.8) is 0 Å². The minimum atomic E-state index is -1.90. The number of hydrogen-bond acceptors (Lipinski definition) is 10. The molecule has 1 saturated carbocycles. The van der Waals surface area contributed by atoms with Crippen LogP contribution in [0.4, 0.5) is 4.79 Å². The Morgan fingerprint density at radius 1 is 1.15 bits per heavy atom. The number of carbonyl (C=O) groups is 2. The largest absolute Gasteiger partial charge is 0.458 e. The van der Waals surface area contributed by atoms with Gasteiger partial charge in [0.05, 0.1) is 30.8 Å². The van der Waals surface area contributed by atoms with Gasteiger partial charge in [-0.3, -0.25) is 4.79 Å². The molecule has 47 heavy (non-hydrogen) atoms. The summed E-state index contributed by atoms with van der Waals surface area (Å²) in [6.07, 6.45) is 5.17. The Morgan fingerprint density at radius 3 is 2.57 bits per heavy atom. The van der Waals surface area contributed by atoms with Gasteiger partial charge in [-0.25, -0.2) is 4.79 Å². The molecule has 4 fully saturated rings. The summed E-state index contributed by atoms with van der Waals surface area (Å²) in [6.45, 7) is 9.57. The van der Waals surface area contributed by atoms with Crippen molar-refractivity contribution < 1.29 is 47.9 Å². The van der Waals surface area contributed by atoms with Gasteiger partial charge in [0, 0.05) is 50.2 Å². The molecule has 0 aromatic carbocycles. The lowest BCUT2D eigenvalue weighted by molar-refractivity contribution is -0.348. The zero-order valence-corrected chi connectivity index (χ0v) is 28.9. The number of hydrogen-bond donors (Lipinski definition) is 2. The van der Waals surface area contributed by atoms with E-state index in [-0.39, 0.29) is 35.7 Å². The van der Waals surface area contributed by atoms with Gasteiger partial charge in [-0.05, 0) is 39.3 Å². The van der Waals surface area contributed by atoms with Gasteiger partial charge in [0.1, 0.15) is 18.2 Å². The van der Waals surface area contributed by atoms with Crippen molar-refractivity contribution in [3.05, 3.63) is 36.0 Å². The third-order valence-electron chi connectivity index (χ3n) is 9.96. The van der Waals surface area contributed by atoms with Crippen molar-refractivity contribution >= 4 is 23.7 Å². The van der Waals surface area contributed by atoms with Crippen LogP contribution >= 0.6 is 11.6 Å². The summed E-state index contributed by atoms with van der Waals surface area (Å²) in [5, 5.41) is 14.8. The van der Waals surface area contributed by atoms with Crippen molar-refractivity contribution in [1.29, 1.82) is 0 Å². The van der Waals surface area contributed by atoms with Crippen LogP contribution in [-0.4, -0.2) is 97.1 Å². The summed E-state index contributed by atoms with van der Waals surface area (Å²) in [6, 6.07) is -0.443. The maximum absolute atomic E-state index is 13.4. The Morgan fingerprint density at radius 2 is 1.89 bits per heavy atom. The predicted molar refractivity (Wildman–Crippen MR) is 172 cm³/mol. The van der Waals surface area contributed by atoms with Gasteiger partial charge in [0.2, 0.25) is 0 Å². The van der Waals surface area contributed by atoms with E-state index in [2.05, 4.69) is 17.2 Å². The average molecular weight is 678 g/mol. The minimum absolute atomic E-state index is 0.0338. The van der Waals surface area contributed by atoms with E-state index in [4.69, 9.17) is 44.8 Å². The Kier molecular flexibility index (Phi) is 11.1. The molecule has 1 amide bonds. The maximum atomic E-state index is 13.4. The quantitative estimate of drug-likeness (QED) is 0.139. The number of aliphatic hydroxyl groups is 1. The molecule has 5 aliphatic rings. The number of methoxy groups -OCH3 is 2. The summed E-state index contributed by atoms with van der Waals surface area (Å²) in [5.41, 5.74) is -0.0797. The van der Waals surface area contributed by atoms with Crippen molar-refractivity contribution in [1.82, 2.24) is 5.32 Å². The number of fused-ring (bicyclic) bond motifs is 3. The summed E-state index contributed by atoms with van der Waals surface area (Å²) in [4.78, 5) is 25.6. The predicted octanol–water partition coefficient (Wildman–Crippen LogP) is 4.16. The van der Waals surface area contributed by atoms with Crippen LogP contribution in [0.3, 0.4) is 0 Å². The topological polar surface area (TPSA) is 131 Å². The van der Waals surface area contributed by atoms with E-state index in [1.54, 1.807) is 38.3 Å². The monoisotopic (exact) mass is 677 g/mol. The molecule has 12 heteroatoms. The van der Waals surface area contributed by atoms with Crippen LogP contribution in [0.1, 0.15) is 60.3 Å². The van der Waals surface area contributed by atoms with E-state index in [1.807, 2.05) is 33.8 Å². The third-order valence-corrected chi connectivity index (χ3v) is 10.4. The number of cyclic esters (lactones) is 1. The molecule has 5 rings (SSSR count). The van der Waals surface area contributed by atoms with Crippen LogP contribution in [0.15, 0.2) is 36.0 Å². The smallest absolute Gasteiger partial charge is 0.408 e. The highest BCUT2D eigenvalue weighted by atomic mass is 35.5. The number of ether oxygens (including phenoxy) is 7. The fraction of sp³-hybridized carbons (Fsp3) is 0.714. The zero-order valence-electron chi connectivity index (χ0n) is 28.1. The first-order chi connectivity index (χ1) is 22.3. The molecule has 4 aliphatic heterocycles. The molecule has 2 bridgehead atoms. The zero-order chi connectivity index (χ0) is 34.1. The summed E-state index contributed by atoms with van der Waals surface area (Å²) >= 11 is 6.01. The lowest BCUT2D eigenvalue weighted by atomic mass is 9.79. The van der Waals surface area contributed by atoms with E-state index in [0.717, 1.165) is 12.0 Å². The number of esters is 1. The Labute approximate surface area is 282 Å².